The zero-order chi connectivity index (χ0) is 17.1. The Morgan fingerprint density at radius 1 is 1.16 bits per heavy atom. The van der Waals surface area contributed by atoms with Crippen molar-refractivity contribution in [1.82, 2.24) is 9.80 Å². The number of halogens is 1. The molecule has 0 aromatic heterocycles. The lowest BCUT2D eigenvalue weighted by Gasteiger charge is -2.35. The van der Waals surface area contributed by atoms with Crippen LogP contribution in [0, 0.1) is 0 Å². The van der Waals surface area contributed by atoms with Crippen molar-refractivity contribution in [2.45, 2.75) is 58.0 Å². The average molecular weight is 458 g/mol. The lowest BCUT2D eigenvalue weighted by molar-refractivity contribution is -0.0704. The van der Waals surface area contributed by atoms with Gasteiger partial charge in [-0.15, -0.1) is 24.0 Å². The highest BCUT2D eigenvalue weighted by atomic mass is 127. The topological polar surface area (TPSA) is 54.1 Å². The van der Waals surface area contributed by atoms with Crippen LogP contribution in [0.25, 0.3) is 0 Å². The third-order valence-electron chi connectivity index (χ3n) is 4.80. The van der Waals surface area contributed by atoms with Gasteiger partial charge in [-0.25, -0.2) is 4.99 Å². The van der Waals surface area contributed by atoms with E-state index in [-0.39, 0.29) is 24.0 Å². The smallest absolute Gasteiger partial charge is 0.191 e. The largest absolute Gasteiger partial charge is 0.373 e. The fourth-order valence-corrected chi connectivity index (χ4v) is 3.35. The van der Waals surface area contributed by atoms with Crippen LogP contribution < -0.4 is 5.73 Å². The Bertz CT molecular complexity index is 563. The molecule has 6 heteroatoms. The minimum atomic E-state index is 0. The minimum absolute atomic E-state index is 0. The summed E-state index contributed by atoms with van der Waals surface area (Å²) in [5, 5.41) is 0. The van der Waals surface area contributed by atoms with Crippen LogP contribution in [0.3, 0.4) is 0 Å². The quantitative estimate of drug-likeness (QED) is 0.419. The second-order valence-electron chi connectivity index (χ2n) is 7.28. The first-order valence-electron chi connectivity index (χ1n) is 8.99. The molecule has 2 atom stereocenters. The van der Waals surface area contributed by atoms with Crippen LogP contribution in [-0.4, -0.2) is 54.1 Å². The summed E-state index contributed by atoms with van der Waals surface area (Å²) in [5.74, 6) is 0.651. The SMILES string of the molecule is CC1CN(Cc2ccc(CN=C(N)N(C)C3CC3)cc2)CC(C)O1.I. The lowest BCUT2D eigenvalue weighted by atomic mass is 10.1. The van der Waals surface area contributed by atoms with Crippen LogP contribution in [0.5, 0.6) is 0 Å². The lowest BCUT2D eigenvalue weighted by Crippen LogP contribution is -2.44. The maximum Gasteiger partial charge on any atom is 0.191 e. The number of morpholine rings is 1. The summed E-state index contributed by atoms with van der Waals surface area (Å²) in [6.45, 7) is 7.92. The number of hydrogen-bond acceptors (Lipinski definition) is 3. The summed E-state index contributed by atoms with van der Waals surface area (Å²) < 4.78 is 5.80. The molecule has 2 N–H and O–H groups in total. The maximum absolute atomic E-state index is 6.04. The van der Waals surface area contributed by atoms with Crippen molar-refractivity contribution in [3.8, 4) is 0 Å². The maximum atomic E-state index is 6.04. The number of aliphatic imine (C=N–C) groups is 1. The van der Waals surface area contributed by atoms with Crippen LogP contribution >= 0.6 is 24.0 Å². The molecule has 2 unspecified atom stereocenters. The standard InChI is InChI=1S/C19H30N4O.HI/c1-14-11-23(12-15(2)24-14)13-17-6-4-16(5-7-17)10-21-19(20)22(3)18-8-9-18;/h4-7,14-15,18H,8-13H2,1-3H3,(H2,20,21);1H. The van der Waals surface area contributed by atoms with Gasteiger partial charge in [-0.3, -0.25) is 4.90 Å². The van der Waals surface area contributed by atoms with Gasteiger partial charge in [-0.1, -0.05) is 24.3 Å². The minimum Gasteiger partial charge on any atom is -0.373 e. The normalized spacial score (nSPS) is 24.7. The summed E-state index contributed by atoms with van der Waals surface area (Å²) in [6, 6.07) is 9.34. The van der Waals surface area contributed by atoms with Crippen molar-refractivity contribution in [3.05, 3.63) is 35.4 Å². The van der Waals surface area contributed by atoms with E-state index in [2.05, 4.69) is 52.9 Å². The number of guanidine groups is 1. The van der Waals surface area contributed by atoms with Gasteiger partial charge < -0.3 is 15.4 Å². The van der Waals surface area contributed by atoms with Crippen molar-refractivity contribution in [2.24, 2.45) is 10.7 Å². The third kappa shape index (κ3) is 6.11. The van der Waals surface area contributed by atoms with Gasteiger partial charge in [0.25, 0.3) is 0 Å². The molecule has 1 saturated heterocycles. The predicted molar refractivity (Wildman–Crippen MR) is 113 cm³/mol. The van der Waals surface area contributed by atoms with E-state index in [4.69, 9.17) is 10.5 Å². The molecule has 1 aromatic rings. The van der Waals surface area contributed by atoms with E-state index in [1.165, 1.54) is 24.0 Å². The summed E-state index contributed by atoms with van der Waals surface area (Å²) >= 11 is 0. The number of hydrogen-bond donors (Lipinski definition) is 1. The summed E-state index contributed by atoms with van der Waals surface area (Å²) in [7, 11) is 2.03. The van der Waals surface area contributed by atoms with E-state index in [0.29, 0.717) is 30.8 Å². The van der Waals surface area contributed by atoms with E-state index in [9.17, 15) is 0 Å². The molecule has 3 rings (SSSR count). The first-order valence-corrected chi connectivity index (χ1v) is 8.99. The molecule has 5 nitrogen and oxygen atoms in total. The van der Waals surface area contributed by atoms with E-state index < -0.39 is 0 Å². The van der Waals surface area contributed by atoms with Crippen LogP contribution in [0.1, 0.15) is 37.8 Å². The molecular formula is C19H31IN4O. The Kier molecular flexibility index (Phi) is 7.51. The summed E-state index contributed by atoms with van der Waals surface area (Å²) in [5.41, 5.74) is 8.59. The second kappa shape index (κ2) is 9.19. The van der Waals surface area contributed by atoms with E-state index in [1.807, 2.05) is 7.05 Å². The zero-order valence-corrected chi connectivity index (χ0v) is 17.8. The highest BCUT2D eigenvalue weighted by molar-refractivity contribution is 14.0. The Morgan fingerprint density at radius 2 is 1.72 bits per heavy atom. The number of ether oxygens (including phenoxy) is 1. The molecule has 0 spiro atoms. The predicted octanol–water partition coefficient (Wildman–Crippen LogP) is 2.82. The Hall–Kier alpha value is -0.860. The first kappa shape index (κ1) is 20.5. The Balaban J connectivity index is 0.00000225. The molecule has 2 fully saturated rings. The fraction of sp³-hybridized carbons (Fsp3) is 0.632. The summed E-state index contributed by atoms with van der Waals surface area (Å²) in [6.07, 6.45) is 3.10. The van der Waals surface area contributed by atoms with Gasteiger partial charge in [0, 0.05) is 32.7 Å². The van der Waals surface area contributed by atoms with Crippen LogP contribution in [0.15, 0.2) is 29.3 Å². The van der Waals surface area contributed by atoms with Gasteiger partial charge >= 0.3 is 0 Å². The second-order valence-corrected chi connectivity index (χ2v) is 7.28. The van der Waals surface area contributed by atoms with Gasteiger partial charge in [0.15, 0.2) is 5.96 Å². The van der Waals surface area contributed by atoms with Crippen molar-refractivity contribution < 1.29 is 4.74 Å². The van der Waals surface area contributed by atoms with Crippen molar-refractivity contribution in [1.29, 1.82) is 0 Å². The van der Waals surface area contributed by atoms with E-state index in [1.54, 1.807) is 0 Å². The first-order chi connectivity index (χ1) is 11.5. The Labute approximate surface area is 168 Å². The zero-order valence-electron chi connectivity index (χ0n) is 15.5. The van der Waals surface area contributed by atoms with E-state index >= 15 is 0 Å². The van der Waals surface area contributed by atoms with Gasteiger partial charge in [-0.05, 0) is 37.8 Å². The monoisotopic (exact) mass is 458 g/mol. The molecule has 0 radical (unpaired) electrons. The number of nitrogens with two attached hydrogens (primary N) is 1. The number of nitrogens with zero attached hydrogens (tertiary/aromatic N) is 3. The Morgan fingerprint density at radius 3 is 2.28 bits per heavy atom. The number of rotatable bonds is 5. The molecule has 25 heavy (non-hydrogen) atoms. The molecule has 1 aliphatic heterocycles. The highest BCUT2D eigenvalue weighted by Crippen LogP contribution is 2.25. The molecule has 1 aromatic carbocycles. The molecule has 1 heterocycles. The molecular weight excluding hydrogens is 427 g/mol. The van der Waals surface area contributed by atoms with Gasteiger partial charge in [-0.2, -0.15) is 0 Å². The average Bonchev–Trinajstić information content (AvgIpc) is 3.37. The molecule has 1 aliphatic carbocycles. The van der Waals surface area contributed by atoms with Crippen molar-refractivity contribution in [2.75, 3.05) is 20.1 Å². The molecule has 140 valence electrons. The van der Waals surface area contributed by atoms with Crippen LogP contribution in [0.2, 0.25) is 0 Å². The highest BCUT2D eigenvalue weighted by Gasteiger charge is 2.27. The van der Waals surface area contributed by atoms with Crippen molar-refractivity contribution in [3.63, 3.8) is 0 Å². The number of benzene rings is 1. The fourth-order valence-electron chi connectivity index (χ4n) is 3.35. The van der Waals surface area contributed by atoms with Gasteiger partial charge in [0.1, 0.15) is 0 Å². The summed E-state index contributed by atoms with van der Waals surface area (Å²) in [4.78, 5) is 9.07. The molecule has 0 amide bonds. The molecule has 0 bridgehead atoms. The van der Waals surface area contributed by atoms with E-state index in [0.717, 1.165) is 19.6 Å². The van der Waals surface area contributed by atoms with Gasteiger partial charge in [0.05, 0.1) is 18.8 Å². The van der Waals surface area contributed by atoms with Gasteiger partial charge in [0.2, 0.25) is 0 Å². The van der Waals surface area contributed by atoms with Crippen LogP contribution in [0.4, 0.5) is 0 Å². The molecule has 1 saturated carbocycles. The third-order valence-corrected chi connectivity index (χ3v) is 4.80. The van der Waals surface area contributed by atoms with Crippen LogP contribution in [-0.2, 0) is 17.8 Å². The molecule has 2 aliphatic rings. The van der Waals surface area contributed by atoms with Crippen molar-refractivity contribution >= 4 is 29.9 Å².